The van der Waals surface area contributed by atoms with E-state index in [1.54, 1.807) is 27.4 Å². The Kier molecular flexibility index (Phi) is 17.6. The molecule has 0 aliphatic carbocycles. The summed E-state index contributed by atoms with van der Waals surface area (Å²) in [5.41, 5.74) is 0.986. The molecule has 0 heterocycles. The second-order valence-corrected chi connectivity index (χ2v) is 9.38. The highest BCUT2D eigenvalue weighted by Gasteiger charge is 2.25. The largest absolute Gasteiger partial charge is 0.497 e. The highest BCUT2D eigenvalue weighted by atomic mass is 16.7. The molecule has 0 unspecified atom stereocenters. The topological polar surface area (TPSA) is 72.5 Å². The van der Waals surface area contributed by atoms with Crippen molar-refractivity contribution in [3.63, 3.8) is 0 Å². The fourth-order valence-corrected chi connectivity index (χ4v) is 4.08. The Morgan fingerprint density at radius 2 is 1.65 bits per heavy atom. The van der Waals surface area contributed by atoms with E-state index in [0.717, 1.165) is 30.6 Å². The van der Waals surface area contributed by atoms with Gasteiger partial charge in [-0.05, 0) is 42.9 Å². The average molecular weight is 521 g/mol. The predicted octanol–water partition coefficient (Wildman–Crippen LogP) is 6.26. The lowest BCUT2D eigenvalue weighted by atomic mass is 9.98. The molecule has 0 amide bonds. The zero-order valence-corrected chi connectivity index (χ0v) is 23.5. The summed E-state index contributed by atoms with van der Waals surface area (Å²) < 4.78 is 33.9. The van der Waals surface area contributed by atoms with E-state index < -0.39 is 6.10 Å². The Bertz CT molecular complexity index is 749. The fraction of sp³-hybridized carbons (Fsp3) is 0.633. The molecular formula is C30H48O7. The molecule has 0 radical (unpaired) electrons. The summed E-state index contributed by atoms with van der Waals surface area (Å²) in [7, 11) is 4.92. The standard InChI is InChI=1S/C30H48O7/c1-8-11-26(36-22-32-5)18-29(35-21-24-13-15-25(33-6)16-14-24)20-30(31)37-27(12-9-2)19-28(34-7)17-23(4)10-3/h8,10,13-16,23,26-29H,1,3,9,11-12,17-22H2,2,4-7H3/t23-,26-,27+,28+,29-/m1/s1. The summed E-state index contributed by atoms with van der Waals surface area (Å²) in [5.74, 6) is 0.822. The predicted molar refractivity (Wildman–Crippen MR) is 147 cm³/mol. The number of hydrogen-bond acceptors (Lipinski definition) is 7. The lowest BCUT2D eigenvalue weighted by Gasteiger charge is -2.26. The summed E-state index contributed by atoms with van der Waals surface area (Å²) in [6, 6.07) is 7.67. The van der Waals surface area contributed by atoms with Crippen LogP contribution in [0.3, 0.4) is 0 Å². The summed E-state index contributed by atoms with van der Waals surface area (Å²) >= 11 is 0. The van der Waals surface area contributed by atoms with Gasteiger partial charge in [0.15, 0.2) is 0 Å². The first kappa shape index (κ1) is 32.8. The van der Waals surface area contributed by atoms with Crippen molar-refractivity contribution in [3.8, 4) is 5.75 Å². The first-order chi connectivity index (χ1) is 17.9. The SMILES string of the molecule is C=CC[C@H](C[C@H](CC(=O)O[C@@H](CCC)C[C@H](C[C@H](C)C=C)OC)OCc1ccc(OC)cc1)OCOC. The van der Waals surface area contributed by atoms with Crippen LogP contribution in [0.15, 0.2) is 49.6 Å². The van der Waals surface area contributed by atoms with Gasteiger partial charge in [-0.1, -0.05) is 44.6 Å². The van der Waals surface area contributed by atoms with Crippen LogP contribution in [0.5, 0.6) is 5.75 Å². The minimum absolute atomic E-state index is 0.00103. The van der Waals surface area contributed by atoms with Gasteiger partial charge in [-0.2, -0.15) is 0 Å². The van der Waals surface area contributed by atoms with E-state index in [1.807, 2.05) is 30.3 Å². The van der Waals surface area contributed by atoms with Gasteiger partial charge in [0, 0.05) is 27.1 Å². The molecule has 1 aromatic carbocycles. The van der Waals surface area contributed by atoms with E-state index in [4.69, 9.17) is 28.4 Å². The molecule has 7 heteroatoms. The van der Waals surface area contributed by atoms with Crippen molar-refractivity contribution in [2.24, 2.45) is 5.92 Å². The Balaban J connectivity index is 2.88. The Morgan fingerprint density at radius 3 is 2.22 bits per heavy atom. The number of carbonyl (C=O) groups excluding carboxylic acids is 1. The van der Waals surface area contributed by atoms with Crippen molar-refractivity contribution in [1.29, 1.82) is 0 Å². The molecule has 0 N–H and O–H groups in total. The minimum atomic E-state index is -0.391. The number of methoxy groups -OCH3 is 3. The molecule has 0 fully saturated rings. The number of allylic oxidation sites excluding steroid dienone is 1. The Morgan fingerprint density at radius 1 is 0.946 bits per heavy atom. The first-order valence-corrected chi connectivity index (χ1v) is 13.2. The van der Waals surface area contributed by atoms with Gasteiger partial charge in [0.25, 0.3) is 0 Å². The van der Waals surface area contributed by atoms with Crippen molar-refractivity contribution in [2.45, 2.75) is 89.8 Å². The van der Waals surface area contributed by atoms with Crippen molar-refractivity contribution in [2.75, 3.05) is 28.1 Å². The van der Waals surface area contributed by atoms with Gasteiger partial charge in [-0.15, -0.1) is 13.2 Å². The van der Waals surface area contributed by atoms with Gasteiger partial charge in [-0.25, -0.2) is 0 Å². The summed E-state index contributed by atoms with van der Waals surface area (Å²) in [5, 5.41) is 0. The second-order valence-electron chi connectivity index (χ2n) is 9.38. The van der Waals surface area contributed by atoms with Crippen molar-refractivity contribution < 1.29 is 33.2 Å². The third-order valence-corrected chi connectivity index (χ3v) is 6.22. The molecule has 0 aromatic heterocycles. The third-order valence-electron chi connectivity index (χ3n) is 6.22. The molecule has 5 atom stereocenters. The monoisotopic (exact) mass is 520 g/mol. The van der Waals surface area contributed by atoms with Crippen LogP contribution in [-0.4, -0.2) is 58.5 Å². The van der Waals surface area contributed by atoms with Gasteiger partial charge in [-0.3, -0.25) is 4.79 Å². The number of esters is 1. The van der Waals surface area contributed by atoms with Crippen molar-refractivity contribution >= 4 is 5.97 Å². The summed E-state index contributed by atoms with van der Waals surface area (Å²) in [4.78, 5) is 13.1. The van der Waals surface area contributed by atoms with E-state index >= 15 is 0 Å². The van der Waals surface area contributed by atoms with E-state index in [1.165, 1.54) is 0 Å². The smallest absolute Gasteiger partial charge is 0.308 e. The molecule has 0 bridgehead atoms. The molecule has 0 aliphatic rings. The number of carbonyl (C=O) groups is 1. The van der Waals surface area contributed by atoms with Gasteiger partial charge < -0.3 is 28.4 Å². The lowest BCUT2D eigenvalue weighted by molar-refractivity contribution is -0.156. The van der Waals surface area contributed by atoms with Crippen LogP contribution in [0.25, 0.3) is 0 Å². The Labute approximate surface area is 224 Å². The highest BCUT2D eigenvalue weighted by molar-refractivity contribution is 5.70. The molecule has 37 heavy (non-hydrogen) atoms. The zero-order valence-electron chi connectivity index (χ0n) is 23.5. The van der Waals surface area contributed by atoms with Gasteiger partial charge >= 0.3 is 5.97 Å². The van der Waals surface area contributed by atoms with E-state index in [-0.39, 0.29) is 37.5 Å². The van der Waals surface area contributed by atoms with Crippen molar-refractivity contribution in [3.05, 3.63) is 55.1 Å². The summed E-state index contributed by atoms with van der Waals surface area (Å²) in [6.45, 7) is 12.4. The van der Waals surface area contributed by atoms with E-state index in [0.29, 0.717) is 31.8 Å². The molecule has 1 aromatic rings. The normalized spacial score (nSPS) is 15.3. The molecule has 0 aliphatic heterocycles. The van der Waals surface area contributed by atoms with Crippen LogP contribution in [-0.2, 0) is 35.1 Å². The van der Waals surface area contributed by atoms with E-state index in [9.17, 15) is 4.79 Å². The van der Waals surface area contributed by atoms with Gasteiger partial charge in [0.05, 0.1) is 38.4 Å². The number of benzene rings is 1. The van der Waals surface area contributed by atoms with Crippen LogP contribution >= 0.6 is 0 Å². The van der Waals surface area contributed by atoms with Gasteiger partial charge in [0.2, 0.25) is 0 Å². The summed E-state index contributed by atoms with van der Waals surface area (Å²) in [6.07, 6.45) is 7.37. The second kappa shape index (κ2) is 19.9. The Hall–Kier alpha value is -2.19. The maximum atomic E-state index is 13.1. The van der Waals surface area contributed by atoms with Crippen LogP contribution in [0.1, 0.15) is 64.4 Å². The van der Waals surface area contributed by atoms with Crippen LogP contribution < -0.4 is 4.74 Å². The fourth-order valence-electron chi connectivity index (χ4n) is 4.08. The van der Waals surface area contributed by atoms with E-state index in [2.05, 4.69) is 27.0 Å². The molecule has 210 valence electrons. The molecule has 1 rings (SSSR count). The number of hydrogen-bond donors (Lipinski definition) is 0. The zero-order chi connectivity index (χ0) is 27.5. The molecule has 0 spiro atoms. The van der Waals surface area contributed by atoms with Crippen LogP contribution in [0, 0.1) is 5.92 Å². The average Bonchev–Trinajstić information content (AvgIpc) is 2.90. The number of rotatable bonds is 22. The molecular weight excluding hydrogens is 472 g/mol. The minimum Gasteiger partial charge on any atom is -0.497 e. The lowest BCUT2D eigenvalue weighted by Crippen LogP contribution is -2.30. The van der Waals surface area contributed by atoms with Crippen LogP contribution in [0.2, 0.25) is 0 Å². The maximum Gasteiger partial charge on any atom is 0.308 e. The highest BCUT2D eigenvalue weighted by Crippen LogP contribution is 2.22. The first-order valence-electron chi connectivity index (χ1n) is 13.2. The quantitative estimate of drug-likeness (QED) is 0.102. The molecule has 7 nitrogen and oxygen atoms in total. The molecule has 0 saturated carbocycles. The van der Waals surface area contributed by atoms with Crippen LogP contribution in [0.4, 0.5) is 0 Å². The third kappa shape index (κ3) is 14.4. The van der Waals surface area contributed by atoms with Gasteiger partial charge in [0.1, 0.15) is 18.6 Å². The van der Waals surface area contributed by atoms with Crippen molar-refractivity contribution in [1.82, 2.24) is 0 Å². The maximum absolute atomic E-state index is 13.1. The number of ether oxygens (including phenoxy) is 6. The molecule has 0 saturated heterocycles.